The van der Waals surface area contributed by atoms with E-state index in [0.717, 1.165) is 19.2 Å². The van der Waals surface area contributed by atoms with E-state index in [4.69, 9.17) is 4.18 Å². The third kappa shape index (κ3) is 4.06. The molecule has 0 radical (unpaired) electrons. The molecule has 13 heavy (non-hydrogen) atoms. The molecule has 0 spiro atoms. The van der Waals surface area contributed by atoms with E-state index in [1.54, 1.807) is 0 Å². The zero-order valence-electron chi connectivity index (χ0n) is 8.19. The molecule has 1 fully saturated rings. The van der Waals surface area contributed by atoms with Gasteiger partial charge in [-0.15, -0.1) is 0 Å². The Hall–Kier alpha value is -0.130. The Bertz CT molecular complexity index is 250. The van der Waals surface area contributed by atoms with Crippen LogP contribution in [0.15, 0.2) is 0 Å². The van der Waals surface area contributed by atoms with E-state index in [9.17, 15) is 8.42 Å². The summed E-state index contributed by atoms with van der Waals surface area (Å²) in [5.74, 6) is 0. The molecule has 0 aliphatic carbocycles. The Morgan fingerprint density at radius 1 is 1.46 bits per heavy atom. The molecule has 0 amide bonds. The van der Waals surface area contributed by atoms with Crippen molar-refractivity contribution in [2.75, 3.05) is 26.5 Å². The van der Waals surface area contributed by atoms with Gasteiger partial charge in [0.2, 0.25) is 0 Å². The summed E-state index contributed by atoms with van der Waals surface area (Å²) in [7, 11) is -1.26. The van der Waals surface area contributed by atoms with Gasteiger partial charge in [0, 0.05) is 6.04 Å². The van der Waals surface area contributed by atoms with Crippen LogP contribution in [0.2, 0.25) is 0 Å². The second kappa shape index (κ2) is 4.39. The Morgan fingerprint density at radius 2 is 2.15 bits per heavy atom. The van der Waals surface area contributed by atoms with Crippen molar-refractivity contribution in [3.63, 3.8) is 0 Å². The molecule has 1 aliphatic heterocycles. The summed E-state index contributed by atoms with van der Waals surface area (Å²) in [6, 6.07) is 0.267. The summed E-state index contributed by atoms with van der Waals surface area (Å²) in [4.78, 5) is 2.16. The summed E-state index contributed by atoms with van der Waals surface area (Å²) in [5, 5.41) is 0. The van der Waals surface area contributed by atoms with Crippen LogP contribution in [0.4, 0.5) is 0 Å². The summed E-state index contributed by atoms with van der Waals surface area (Å²) in [6.45, 7) is 1.34. The van der Waals surface area contributed by atoms with Gasteiger partial charge in [-0.3, -0.25) is 4.18 Å². The van der Waals surface area contributed by atoms with Crippen molar-refractivity contribution in [2.24, 2.45) is 0 Å². The van der Waals surface area contributed by atoms with Crippen molar-refractivity contribution in [3.8, 4) is 0 Å². The standard InChI is InChI=1S/C8H17NO3S/c1-9-6-4-3-5-8(9)7-12-13(2,10)11/h8H,3-7H2,1-2H3. The zero-order valence-corrected chi connectivity index (χ0v) is 9.01. The second-order valence-electron chi connectivity index (χ2n) is 3.62. The van der Waals surface area contributed by atoms with Gasteiger partial charge in [-0.05, 0) is 26.4 Å². The molecule has 5 heteroatoms. The highest BCUT2D eigenvalue weighted by molar-refractivity contribution is 7.85. The van der Waals surface area contributed by atoms with E-state index in [0.29, 0.717) is 6.61 Å². The fourth-order valence-electron chi connectivity index (χ4n) is 1.56. The van der Waals surface area contributed by atoms with E-state index in [-0.39, 0.29) is 6.04 Å². The largest absolute Gasteiger partial charge is 0.301 e. The van der Waals surface area contributed by atoms with Gasteiger partial charge in [0.25, 0.3) is 10.1 Å². The number of hydrogen-bond acceptors (Lipinski definition) is 4. The topological polar surface area (TPSA) is 46.6 Å². The fraction of sp³-hybridized carbons (Fsp3) is 1.00. The van der Waals surface area contributed by atoms with E-state index >= 15 is 0 Å². The average molecular weight is 207 g/mol. The summed E-state index contributed by atoms with van der Waals surface area (Å²) in [6.07, 6.45) is 4.50. The summed E-state index contributed by atoms with van der Waals surface area (Å²) < 4.78 is 26.2. The van der Waals surface area contributed by atoms with Gasteiger partial charge in [0.05, 0.1) is 12.9 Å². The molecule has 0 bridgehead atoms. The number of nitrogens with zero attached hydrogens (tertiary/aromatic N) is 1. The third-order valence-electron chi connectivity index (χ3n) is 2.40. The lowest BCUT2D eigenvalue weighted by atomic mass is 10.0. The zero-order chi connectivity index (χ0) is 9.90. The minimum Gasteiger partial charge on any atom is -0.301 e. The summed E-state index contributed by atoms with van der Waals surface area (Å²) in [5.41, 5.74) is 0. The quantitative estimate of drug-likeness (QED) is 0.630. The van der Waals surface area contributed by atoms with Crippen molar-refractivity contribution in [1.82, 2.24) is 4.90 Å². The number of hydrogen-bond donors (Lipinski definition) is 0. The highest BCUT2D eigenvalue weighted by Crippen LogP contribution is 2.15. The Balaban J connectivity index is 2.35. The first-order valence-electron chi connectivity index (χ1n) is 4.54. The van der Waals surface area contributed by atoms with Crippen molar-refractivity contribution in [3.05, 3.63) is 0 Å². The third-order valence-corrected chi connectivity index (χ3v) is 2.96. The normalized spacial score (nSPS) is 26.2. The van der Waals surface area contributed by atoms with Crippen LogP contribution in [-0.2, 0) is 14.3 Å². The molecular formula is C8H17NO3S. The van der Waals surface area contributed by atoms with Crippen LogP contribution in [0.25, 0.3) is 0 Å². The molecule has 0 aromatic rings. The van der Waals surface area contributed by atoms with Crippen LogP contribution in [0.5, 0.6) is 0 Å². The maximum atomic E-state index is 10.7. The van der Waals surface area contributed by atoms with Crippen LogP contribution >= 0.6 is 0 Å². The lowest BCUT2D eigenvalue weighted by Gasteiger charge is -2.31. The van der Waals surface area contributed by atoms with Gasteiger partial charge >= 0.3 is 0 Å². The minimum atomic E-state index is -3.27. The van der Waals surface area contributed by atoms with Gasteiger partial charge in [0.15, 0.2) is 0 Å². The highest BCUT2D eigenvalue weighted by atomic mass is 32.2. The molecule has 1 unspecified atom stereocenters. The SMILES string of the molecule is CN1CCCCC1COS(C)(=O)=O. The molecule has 1 aliphatic rings. The first-order chi connectivity index (χ1) is 5.99. The van der Waals surface area contributed by atoms with Crippen molar-refractivity contribution in [2.45, 2.75) is 25.3 Å². The van der Waals surface area contributed by atoms with Crippen LogP contribution in [-0.4, -0.2) is 45.8 Å². The number of piperidine rings is 1. The molecule has 1 rings (SSSR count). The van der Waals surface area contributed by atoms with Crippen molar-refractivity contribution < 1.29 is 12.6 Å². The van der Waals surface area contributed by atoms with E-state index < -0.39 is 10.1 Å². The number of likely N-dealkylation sites (N-methyl/N-ethyl adjacent to an activating group) is 1. The van der Waals surface area contributed by atoms with Crippen LogP contribution in [0.1, 0.15) is 19.3 Å². The second-order valence-corrected chi connectivity index (χ2v) is 5.26. The average Bonchev–Trinajstić information content (AvgIpc) is 2.01. The summed E-state index contributed by atoms with van der Waals surface area (Å²) >= 11 is 0. The Morgan fingerprint density at radius 3 is 2.69 bits per heavy atom. The number of likely N-dealkylation sites (tertiary alicyclic amines) is 1. The molecular weight excluding hydrogens is 190 g/mol. The van der Waals surface area contributed by atoms with Crippen LogP contribution in [0, 0.1) is 0 Å². The van der Waals surface area contributed by atoms with Gasteiger partial charge in [-0.2, -0.15) is 8.42 Å². The predicted molar refractivity (Wildman–Crippen MR) is 51.1 cm³/mol. The fourth-order valence-corrected chi connectivity index (χ4v) is 1.96. The van der Waals surface area contributed by atoms with E-state index in [2.05, 4.69) is 4.90 Å². The molecule has 1 heterocycles. The highest BCUT2D eigenvalue weighted by Gasteiger charge is 2.20. The van der Waals surface area contributed by atoms with Crippen LogP contribution < -0.4 is 0 Å². The van der Waals surface area contributed by atoms with Gasteiger partial charge in [-0.25, -0.2) is 0 Å². The van der Waals surface area contributed by atoms with Crippen LogP contribution in [0.3, 0.4) is 0 Å². The maximum Gasteiger partial charge on any atom is 0.264 e. The van der Waals surface area contributed by atoms with Gasteiger partial charge < -0.3 is 4.90 Å². The van der Waals surface area contributed by atoms with Crippen molar-refractivity contribution in [1.29, 1.82) is 0 Å². The smallest absolute Gasteiger partial charge is 0.264 e. The van der Waals surface area contributed by atoms with Crippen molar-refractivity contribution >= 4 is 10.1 Å². The van der Waals surface area contributed by atoms with Gasteiger partial charge in [0.1, 0.15) is 0 Å². The molecule has 78 valence electrons. The Kier molecular flexibility index (Phi) is 3.70. The maximum absolute atomic E-state index is 10.7. The molecule has 0 aromatic carbocycles. The minimum absolute atomic E-state index is 0.267. The first kappa shape index (κ1) is 10.9. The van der Waals surface area contributed by atoms with E-state index in [1.165, 1.54) is 12.8 Å². The molecule has 1 saturated heterocycles. The Labute approximate surface area is 80.0 Å². The molecule has 1 atom stereocenters. The van der Waals surface area contributed by atoms with E-state index in [1.807, 2.05) is 7.05 Å². The number of rotatable bonds is 3. The molecule has 4 nitrogen and oxygen atoms in total. The molecule has 0 aromatic heterocycles. The predicted octanol–water partition coefficient (Wildman–Crippen LogP) is 0.447. The first-order valence-corrected chi connectivity index (χ1v) is 6.35. The lowest BCUT2D eigenvalue weighted by molar-refractivity contribution is 0.129. The monoisotopic (exact) mass is 207 g/mol. The molecule has 0 saturated carbocycles. The van der Waals surface area contributed by atoms with Gasteiger partial charge in [-0.1, -0.05) is 6.42 Å². The molecule has 0 N–H and O–H groups in total. The lowest BCUT2D eigenvalue weighted by Crippen LogP contribution is -2.39.